The Morgan fingerprint density at radius 3 is 2.55 bits per heavy atom. The third-order valence-corrected chi connectivity index (χ3v) is 4.61. The minimum Gasteiger partial charge on any atom is -0.492 e. The van der Waals surface area contributed by atoms with Crippen molar-refractivity contribution < 1.29 is 24.8 Å². The minimum absolute atomic E-state index is 0.0500. The van der Waals surface area contributed by atoms with Gasteiger partial charge in [-0.2, -0.15) is 0 Å². The number of hydrogen-bond acceptors (Lipinski definition) is 7. The second kappa shape index (κ2) is 11.7. The maximum Gasteiger partial charge on any atom is 0.146 e. The highest BCUT2D eigenvalue weighted by atomic mass is 16.5. The minimum atomic E-state index is -0.735. The molecule has 0 aliphatic rings. The van der Waals surface area contributed by atoms with Crippen molar-refractivity contribution in [1.82, 2.24) is 10.3 Å². The molecular weight excluding hydrogens is 372 g/mol. The number of nitrogens with zero attached hydrogens (tertiary/aromatic N) is 1. The summed E-state index contributed by atoms with van der Waals surface area (Å²) in [6.45, 7) is 7.00. The van der Waals surface area contributed by atoms with Crippen LogP contribution in [0.3, 0.4) is 0 Å². The first-order valence-electron chi connectivity index (χ1n) is 9.90. The summed E-state index contributed by atoms with van der Waals surface area (Å²) in [5.74, 6) is 1.69. The van der Waals surface area contributed by atoms with Crippen LogP contribution >= 0.6 is 0 Å². The summed E-state index contributed by atoms with van der Waals surface area (Å²) < 4.78 is 11.5. The third-order valence-electron chi connectivity index (χ3n) is 4.61. The lowest BCUT2D eigenvalue weighted by molar-refractivity contribution is 0.103. The van der Waals surface area contributed by atoms with E-state index in [-0.39, 0.29) is 19.8 Å². The molecule has 0 saturated carbocycles. The Morgan fingerprint density at radius 1 is 1.10 bits per heavy atom. The molecule has 1 unspecified atom stereocenters. The average molecular weight is 405 g/mol. The van der Waals surface area contributed by atoms with Crippen LogP contribution in [0.15, 0.2) is 30.5 Å². The number of aromatic nitrogens is 1. The molecule has 0 aliphatic carbocycles. The number of rotatable bonds is 12. The topological polar surface area (TPSA) is 104 Å². The van der Waals surface area contributed by atoms with Gasteiger partial charge in [-0.05, 0) is 24.5 Å². The third kappa shape index (κ3) is 6.68. The van der Waals surface area contributed by atoms with E-state index < -0.39 is 6.10 Å². The van der Waals surface area contributed by atoms with Gasteiger partial charge in [-0.1, -0.05) is 32.0 Å². The summed E-state index contributed by atoms with van der Waals surface area (Å²) in [6, 6.07) is 8.00. The van der Waals surface area contributed by atoms with Gasteiger partial charge in [0.1, 0.15) is 30.8 Å². The predicted octanol–water partition coefficient (Wildman–Crippen LogP) is 1.91. The molecule has 0 bridgehead atoms. The lowest BCUT2D eigenvalue weighted by Crippen LogP contribution is -2.34. The van der Waals surface area contributed by atoms with E-state index in [2.05, 4.69) is 30.2 Å². The zero-order chi connectivity index (χ0) is 21.2. The van der Waals surface area contributed by atoms with Crippen LogP contribution in [0.5, 0.6) is 11.5 Å². The van der Waals surface area contributed by atoms with Crippen LogP contribution in [0.2, 0.25) is 0 Å². The van der Waals surface area contributed by atoms with Crippen molar-refractivity contribution in [3.05, 3.63) is 52.8 Å². The van der Waals surface area contributed by atoms with Crippen LogP contribution in [-0.4, -0.2) is 52.7 Å². The van der Waals surface area contributed by atoms with Crippen molar-refractivity contribution in [3.8, 4) is 11.5 Å². The SMILES string of the molecule is Cc1ncc(CO)c(CO)c1OCC(O)CNCCOc1ccccc1C(C)C. The first-order valence-corrected chi connectivity index (χ1v) is 9.90. The normalized spacial score (nSPS) is 12.2. The molecule has 2 rings (SSSR count). The number of aliphatic hydroxyl groups is 3. The standard InChI is InChI=1S/C22H32N2O5/c1-15(2)19-6-4-5-7-21(19)28-9-8-23-11-18(27)14-29-22-16(3)24-10-17(12-25)20(22)13-26/h4-7,10,15,18,23,25-27H,8-9,11-14H2,1-3H3. The van der Waals surface area contributed by atoms with Crippen LogP contribution in [0.1, 0.15) is 42.1 Å². The summed E-state index contributed by atoms with van der Waals surface area (Å²) in [5, 5.41) is 32.2. The average Bonchev–Trinajstić information content (AvgIpc) is 2.72. The number of para-hydroxylation sites is 1. The molecule has 160 valence electrons. The lowest BCUT2D eigenvalue weighted by atomic mass is 10.0. The molecule has 7 nitrogen and oxygen atoms in total. The number of nitrogens with one attached hydrogen (secondary N) is 1. The molecule has 1 atom stereocenters. The van der Waals surface area contributed by atoms with Gasteiger partial charge in [0, 0.05) is 30.4 Å². The van der Waals surface area contributed by atoms with E-state index in [0.717, 1.165) is 5.75 Å². The fourth-order valence-corrected chi connectivity index (χ4v) is 3.01. The Labute approximate surface area is 172 Å². The van der Waals surface area contributed by atoms with Gasteiger partial charge >= 0.3 is 0 Å². The molecule has 2 aromatic rings. The second-order valence-corrected chi connectivity index (χ2v) is 7.20. The molecule has 4 N–H and O–H groups in total. The fourth-order valence-electron chi connectivity index (χ4n) is 3.01. The van der Waals surface area contributed by atoms with E-state index in [9.17, 15) is 15.3 Å². The Morgan fingerprint density at radius 2 is 1.86 bits per heavy atom. The lowest BCUT2D eigenvalue weighted by Gasteiger charge is -2.18. The summed E-state index contributed by atoms with van der Waals surface area (Å²) in [7, 11) is 0. The summed E-state index contributed by atoms with van der Waals surface area (Å²) >= 11 is 0. The summed E-state index contributed by atoms with van der Waals surface area (Å²) in [5.41, 5.74) is 2.79. The number of benzene rings is 1. The predicted molar refractivity (Wildman–Crippen MR) is 111 cm³/mol. The van der Waals surface area contributed by atoms with Crippen LogP contribution in [0.25, 0.3) is 0 Å². The molecular formula is C22H32N2O5. The van der Waals surface area contributed by atoms with E-state index in [1.54, 1.807) is 6.92 Å². The van der Waals surface area contributed by atoms with Gasteiger partial charge in [-0.15, -0.1) is 0 Å². The van der Waals surface area contributed by atoms with Gasteiger partial charge in [0.25, 0.3) is 0 Å². The van der Waals surface area contributed by atoms with Crippen molar-refractivity contribution in [2.45, 2.75) is 46.0 Å². The van der Waals surface area contributed by atoms with E-state index in [1.165, 1.54) is 11.8 Å². The molecule has 7 heteroatoms. The number of aliphatic hydroxyl groups excluding tert-OH is 3. The monoisotopic (exact) mass is 404 g/mol. The van der Waals surface area contributed by atoms with Crippen LogP contribution in [0, 0.1) is 6.92 Å². The van der Waals surface area contributed by atoms with E-state index >= 15 is 0 Å². The molecule has 0 aliphatic heterocycles. The molecule has 1 aromatic carbocycles. The number of ether oxygens (including phenoxy) is 2. The first kappa shape index (κ1) is 23.1. The highest BCUT2D eigenvalue weighted by Crippen LogP contribution is 2.26. The Bertz CT molecular complexity index is 767. The molecule has 1 aromatic heterocycles. The molecule has 0 fully saturated rings. The van der Waals surface area contributed by atoms with Crippen molar-refractivity contribution in [3.63, 3.8) is 0 Å². The van der Waals surface area contributed by atoms with Gasteiger partial charge in [-0.25, -0.2) is 0 Å². The van der Waals surface area contributed by atoms with Crippen LogP contribution < -0.4 is 14.8 Å². The van der Waals surface area contributed by atoms with E-state index in [1.807, 2.05) is 18.2 Å². The van der Waals surface area contributed by atoms with Gasteiger partial charge in [0.2, 0.25) is 0 Å². The molecule has 0 spiro atoms. The Balaban J connectivity index is 1.75. The zero-order valence-electron chi connectivity index (χ0n) is 17.4. The maximum absolute atomic E-state index is 10.2. The fraction of sp³-hybridized carbons (Fsp3) is 0.500. The second-order valence-electron chi connectivity index (χ2n) is 7.20. The zero-order valence-corrected chi connectivity index (χ0v) is 17.4. The summed E-state index contributed by atoms with van der Waals surface area (Å²) in [4.78, 5) is 4.16. The number of hydrogen-bond donors (Lipinski definition) is 4. The van der Waals surface area contributed by atoms with Gasteiger partial charge in [0.15, 0.2) is 0 Å². The first-order chi connectivity index (χ1) is 14.0. The number of aryl methyl sites for hydroxylation is 1. The highest BCUT2D eigenvalue weighted by molar-refractivity contribution is 5.41. The molecule has 1 heterocycles. The summed E-state index contributed by atoms with van der Waals surface area (Å²) in [6.07, 6.45) is 0.782. The largest absolute Gasteiger partial charge is 0.492 e. The Kier molecular flexibility index (Phi) is 9.34. The maximum atomic E-state index is 10.2. The smallest absolute Gasteiger partial charge is 0.146 e. The molecule has 29 heavy (non-hydrogen) atoms. The Hall–Kier alpha value is -2.19. The van der Waals surface area contributed by atoms with E-state index in [4.69, 9.17) is 9.47 Å². The quantitative estimate of drug-likeness (QED) is 0.401. The highest BCUT2D eigenvalue weighted by Gasteiger charge is 2.15. The molecule has 0 saturated heterocycles. The van der Waals surface area contributed by atoms with Crippen molar-refractivity contribution in [1.29, 1.82) is 0 Å². The van der Waals surface area contributed by atoms with Crippen LogP contribution in [0.4, 0.5) is 0 Å². The van der Waals surface area contributed by atoms with Crippen molar-refractivity contribution in [2.24, 2.45) is 0 Å². The van der Waals surface area contributed by atoms with Crippen LogP contribution in [-0.2, 0) is 13.2 Å². The van der Waals surface area contributed by atoms with Gasteiger partial charge in [0.05, 0.1) is 18.9 Å². The molecule has 0 amide bonds. The van der Waals surface area contributed by atoms with Gasteiger partial charge < -0.3 is 30.1 Å². The molecule has 0 radical (unpaired) electrons. The van der Waals surface area contributed by atoms with Crippen molar-refractivity contribution >= 4 is 0 Å². The van der Waals surface area contributed by atoms with Crippen molar-refractivity contribution in [2.75, 3.05) is 26.3 Å². The van der Waals surface area contributed by atoms with E-state index in [0.29, 0.717) is 48.2 Å². The van der Waals surface area contributed by atoms with Gasteiger partial charge in [-0.3, -0.25) is 4.98 Å². The number of pyridine rings is 1.